The lowest BCUT2D eigenvalue weighted by Gasteiger charge is -2.13. The van der Waals surface area contributed by atoms with Gasteiger partial charge in [-0.3, -0.25) is 14.5 Å². The van der Waals surface area contributed by atoms with Crippen LogP contribution in [0.15, 0.2) is 54.1 Å². The minimum absolute atomic E-state index is 0.158. The normalized spacial score (nSPS) is 10.7. The van der Waals surface area contributed by atoms with Gasteiger partial charge in [0, 0.05) is 36.3 Å². The molecule has 0 fully saturated rings. The third-order valence-corrected chi connectivity index (χ3v) is 5.40. The maximum Gasteiger partial charge on any atom is 0.259 e. The van der Waals surface area contributed by atoms with Crippen LogP contribution in [0.4, 0.5) is 5.13 Å². The van der Waals surface area contributed by atoms with Crippen LogP contribution in [0.3, 0.4) is 0 Å². The van der Waals surface area contributed by atoms with Crippen molar-refractivity contribution in [2.45, 2.75) is 0 Å². The molecule has 0 N–H and O–H groups in total. The Hall–Kier alpha value is -3.65. The van der Waals surface area contributed by atoms with Crippen molar-refractivity contribution in [3.63, 3.8) is 0 Å². The Morgan fingerprint density at radius 1 is 1.00 bits per heavy atom. The summed E-state index contributed by atoms with van der Waals surface area (Å²) in [5.74, 6) is 0.806. The molecule has 0 saturated heterocycles. The van der Waals surface area contributed by atoms with E-state index in [-0.39, 0.29) is 11.7 Å². The molecule has 0 aliphatic carbocycles. The summed E-state index contributed by atoms with van der Waals surface area (Å²) in [5, 5.41) is 2.44. The molecular formula is C23H22N2O5S. The van der Waals surface area contributed by atoms with E-state index in [2.05, 4.69) is 4.98 Å². The summed E-state index contributed by atoms with van der Waals surface area (Å²) in [6, 6.07) is 10.2. The summed E-state index contributed by atoms with van der Waals surface area (Å²) in [4.78, 5) is 31.0. The van der Waals surface area contributed by atoms with Crippen LogP contribution in [0.2, 0.25) is 0 Å². The van der Waals surface area contributed by atoms with Crippen LogP contribution >= 0.6 is 11.3 Å². The van der Waals surface area contributed by atoms with Crippen LogP contribution in [-0.2, 0) is 0 Å². The first-order chi connectivity index (χ1) is 15.0. The molecule has 3 aromatic rings. The zero-order chi connectivity index (χ0) is 22.4. The first-order valence-corrected chi connectivity index (χ1v) is 10.2. The fraction of sp³-hybridized carbons (Fsp3) is 0.174. The van der Waals surface area contributed by atoms with E-state index in [1.54, 1.807) is 55.7 Å². The first-order valence-electron chi connectivity index (χ1n) is 9.28. The third kappa shape index (κ3) is 4.92. The summed E-state index contributed by atoms with van der Waals surface area (Å²) in [7, 11) is 6.17. The molecule has 0 saturated carbocycles. The highest BCUT2D eigenvalue weighted by molar-refractivity contribution is 7.13. The fourth-order valence-electron chi connectivity index (χ4n) is 2.90. The number of hydrogen-bond acceptors (Lipinski definition) is 7. The van der Waals surface area contributed by atoms with Gasteiger partial charge in [-0.05, 0) is 23.8 Å². The smallest absolute Gasteiger partial charge is 0.259 e. The fourth-order valence-corrected chi connectivity index (χ4v) is 3.51. The molecule has 1 amide bonds. The average Bonchev–Trinajstić information content (AvgIpc) is 3.35. The lowest BCUT2D eigenvalue weighted by Crippen LogP contribution is -2.25. The van der Waals surface area contributed by atoms with Gasteiger partial charge in [-0.2, -0.15) is 0 Å². The molecule has 0 radical (unpaired) electrons. The summed E-state index contributed by atoms with van der Waals surface area (Å²) in [6.45, 7) is 0. The van der Waals surface area contributed by atoms with Gasteiger partial charge in [0.2, 0.25) is 0 Å². The Labute approximate surface area is 184 Å². The minimum atomic E-state index is -0.278. The number of carbonyl (C=O) groups is 2. The molecule has 0 aliphatic heterocycles. The lowest BCUT2D eigenvalue weighted by molar-refractivity contribution is 0.0991. The van der Waals surface area contributed by atoms with Crippen LogP contribution in [0, 0.1) is 0 Å². The largest absolute Gasteiger partial charge is 0.496 e. The molecule has 0 spiro atoms. The summed E-state index contributed by atoms with van der Waals surface area (Å²) in [6.07, 6.45) is 4.76. The number of hydrogen-bond donors (Lipinski definition) is 0. The molecule has 31 heavy (non-hydrogen) atoms. The molecule has 0 atom stereocenters. The van der Waals surface area contributed by atoms with E-state index in [0.717, 1.165) is 5.56 Å². The van der Waals surface area contributed by atoms with Crippen molar-refractivity contribution in [2.75, 3.05) is 33.3 Å². The summed E-state index contributed by atoms with van der Waals surface area (Å²) in [5.41, 5.74) is 1.60. The Morgan fingerprint density at radius 2 is 1.65 bits per heavy atom. The standard InChI is InChI=1S/C23H22N2O5S/c1-25(23-24-11-12-31-23)22(27)16-8-5-15(6-9-16)7-10-18(26)21-19(29-3)13-17(28-2)14-20(21)30-4/h5-14H,1-4H3/b10-7+. The van der Waals surface area contributed by atoms with Crippen molar-refractivity contribution >= 4 is 34.2 Å². The van der Waals surface area contributed by atoms with Crippen molar-refractivity contribution in [3.05, 3.63) is 70.7 Å². The number of benzene rings is 2. The molecule has 1 heterocycles. The maximum atomic E-state index is 12.8. The van der Waals surface area contributed by atoms with E-state index in [4.69, 9.17) is 14.2 Å². The monoisotopic (exact) mass is 438 g/mol. The van der Waals surface area contributed by atoms with E-state index < -0.39 is 0 Å². The van der Waals surface area contributed by atoms with Crippen LogP contribution in [0.5, 0.6) is 17.2 Å². The molecule has 7 nitrogen and oxygen atoms in total. The number of carbonyl (C=O) groups excluding carboxylic acids is 2. The molecule has 0 bridgehead atoms. The van der Waals surface area contributed by atoms with Crippen LogP contribution in [0.25, 0.3) is 6.08 Å². The van der Waals surface area contributed by atoms with Gasteiger partial charge in [-0.1, -0.05) is 18.2 Å². The van der Waals surface area contributed by atoms with Gasteiger partial charge in [0.25, 0.3) is 5.91 Å². The van der Waals surface area contributed by atoms with Crippen molar-refractivity contribution in [1.82, 2.24) is 4.98 Å². The molecular weight excluding hydrogens is 416 g/mol. The van der Waals surface area contributed by atoms with E-state index in [1.807, 2.05) is 5.38 Å². The predicted molar refractivity (Wildman–Crippen MR) is 121 cm³/mol. The highest BCUT2D eigenvalue weighted by Gasteiger charge is 2.19. The van der Waals surface area contributed by atoms with E-state index >= 15 is 0 Å². The Balaban J connectivity index is 1.78. The van der Waals surface area contributed by atoms with Gasteiger partial charge in [0.05, 0.1) is 21.3 Å². The molecule has 1 aromatic heterocycles. The van der Waals surface area contributed by atoms with Crippen LogP contribution in [-0.4, -0.2) is 45.1 Å². The van der Waals surface area contributed by atoms with Crippen LogP contribution in [0.1, 0.15) is 26.3 Å². The van der Waals surface area contributed by atoms with Crippen LogP contribution < -0.4 is 19.1 Å². The maximum absolute atomic E-state index is 12.8. The Kier molecular flexibility index (Phi) is 7.04. The Morgan fingerprint density at radius 3 is 2.16 bits per heavy atom. The Bertz CT molecular complexity index is 1070. The molecule has 3 rings (SSSR count). The molecule has 2 aromatic carbocycles. The quantitative estimate of drug-likeness (QED) is 0.385. The second kappa shape index (κ2) is 9.90. The van der Waals surface area contributed by atoms with Gasteiger partial charge < -0.3 is 14.2 Å². The molecule has 8 heteroatoms. The highest BCUT2D eigenvalue weighted by atomic mass is 32.1. The topological polar surface area (TPSA) is 78.0 Å². The summed E-state index contributed by atoms with van der Waals surface area (Å²) < 4.78 is 15.9. The number of allylic oxidation sites excluding steroid dienone is 1. The number of amides is 1. The van der Waals surface area contributed by atoms with Gasteiger partial charge in [0.15, 0.2) is 10.9 Å². The van der Waals surface area contributed by atoms with E-state index in [1.165, 1.54) is 43.6 Å². The lowest BCUT2D eigenvalue weighted by atomic mass is 10.1. The van der Waals surface area contributed by atoms with Gasteiger partial charge in [0.1, 0.15) is 22.8 Å². The number of rotatable bonds is 8. The average molecular weight is 439 g/mol. The summed E-state index contributed by atoms with van der Waals surface area (Å²) >= 11 is 1.39. The molecule has 160 valence electrons. The second-order valence-corrected chi connectivity index (χ2v) is 7.28. The SMILES string of the molecule is COc1cc(OC)c(C(=O)/C=C/c2ccc(C(=O)N(C)c3nccs3)cc2)c(OC)c1. The first kappa shape index (κ1) is 22.0. The predicted octanol–water partition coefficient (Wildman–Crippen LogP) is 4.34. The number of ether oxygens (including phenoxy) is 3. The third-order valence-electron chi connectivity index (χ3n) is 4.56. The van der Waals surface area contributed by atoms with E-state index in [9.17, 15) is 9.59 Å². The minimum Gasteiger partial charge on any atom is -0.496 e. The van der Waals surface area contributed by atoms with Gasteiger partial charge >= 0.3 is 0 Å². The second-order valence-electron chi connectivity index (χ2n) is 6.41. The molecule has 0 aliphatic rings. The number of methoxy groups -OCH3 is 3. The molecule has 0 unspecified atom stereocenters. The zero-order valence-electron chi connectivity index (χ0n) is 17.6. The van der Waals surface area contributed by atoms with Crippen molar-refractivity contribution in [1.29, 1.82) is 0 Å². The van der Waals surface area contributed by atoms with Crippen molar-refractivity contribution < 1.29 is 23.8 Å². The van der Waals surface area contributed by atoms with Gasteiger partial charge in [-0.25, -0.2) is 4.98 Å². The number of anilines is 1. The van der Waals surface area contributed by atoms with E-state index in [0.29, 0.717) is 33.5 Å². The number of ketones is 1. The van der Waals surface area contributed by atoms with Gasteiger partial charge in [-0.15, -0.1) is 11.3 Å². The van der Waals surface area contributed by atoms with Crippen molar-refractivity contribution in [2.24, 2.45) is 0 Å². The van der Waals surface area contributed by atoms with Crippen molar-refractivity contribution in [3.8, 4) is 17.2 Å². The zero-order valence-corrected chi connectivity index (χ0v) is 18.4. The number of thiazole rings is 1. The highest BCUT2D eigenvalue weighted by Crippen LogP contribution is 2.34. The number of aromatic nitrogens is 1. The number of nitrogens with zero attached hydrogens (tertiary/aromatic N) is 2.